The summed E-state index contributed by atoms with van der Waals surface area (Å²) in [4.78, 5) is 12.3. The van der Waals surface area contributed by atoms with Gasteiger partial charge in [-0.1, -0.05) is 78.9 Å². The molecule has 0 aromatic heterocycles. The third-order valence-electron chi connectivity index (χ3n) is 4.77. The van der Waals surface area contributed by atoms with Gasteiger partial charge in [-0.05, 0) is 40.6 Å². The number of hydrogen-bond donors (Lipinski definition) is 1. The van der Waals surface area contributed by atoms with Gasteiger partial charge in [-0.25, -0.2) is 4.79 Å². The molecule has 0 spiro atoms. The molecule has 0 aliphatic carbocycles. The van der Waals surface area contributed by atoms with E-state index in [2.05, 4.69) is 35.6 Å². The fourth-order valence-corrected chi connectivity index (χ4v) is 3.32. The van der Waals surface area contributed by atoms with E-state index in [9.17, 15) is 4.79 Å². The SMILES string of the molecule is Cc1ccc2ccccc2c1OC(=O)NCCc1ccc2ccccc2c1. The summed E-state index contributed by atoms with van der Waals surface area (Å²) in [6, 6.07) is 26.6. The number of benzene rings is 4. The molecule has 0 atom stereocenters. The molecule has 0 saturated carbocycles. The summed E-state index contributed by atoms with van der Waals surface area (Å²) in [6.07, 6.45) is 0.337. The molecule has 4 aromatic rings. The lowest BCUT2D eigenvalue weighted by atomic mass is 10.1. The minimum atomic E-state index is -0.421. The minimum absolute atomic E-state index is 0.421. The highest BCUT2D eigenvalue weighted by atomic mass is 16.6. The molecule has 0 bridgehead atoms. The Morgan fingerprint density at radius 1 is 0.852 bits per heavy atom. The summed E-state index contributed by atoms with van der Waals surface area (Å²) >= 11 is 0. The summed E-state index contributed by atoms with van der Waals surface area (Å²) in [5.41, 5.74) is 2.13. The zero-order valence-electron chi connectivity index (χ0n) is 15.2. The second-order valence-corrected chi connectivity index (χ2v) is 6.68. The van der Waals surface area contributed by atoms with E-state index in [0.717, 1.165) is 22.8 Å². The van der Waals surface area contributed by atoms with Gasteiger partial charge in [-0.15, -0.1) is 0 Å². The summed E-state index contributed by atoms with van der Waals surface area (Å²) < 4.78 is 5.62. The number of nitrogens with one attached hydrogen (secondary N) is 1. The van der Waals surface area contributed by atoms with E-state index in [1.807, 2.05) is 55.5 Å². The van der Waals surface area contributed by atoms with Crippen molar-refractivity contribution in [2.24, 2.45) is 0 Å². The normalized spacial score (nSPS) is 10.9. The molecule has 0 heterocycles. The Morgan fingerprint density at radius 2 is 1.56 bits per heavy atom. The summed E-state index contributed by atoms with van der Waals surface area (Å²) in [5.74, 6) is 0.622. The molecule has 0 aliphatic heterocycles. The lowest BCUT2D eigenvalue weighted by molar-refractivity contribution is 0.201. The van der Waals surface area contributed by atoms with Crippen LogP contribution in [0.15, 0.2) is 78.9 Å². The number of carbonyl (C=O) groups excluding carboxylic acids is 1. The molecule has 0 saturated heterocycles. The van der Waals surface area contributed by atoms with Gasteiger partial charge in [0.05, 0.1) is 0 Å². The number of carbonyl (C=O) groups is 1. The molecule has 134 valence electrons. The molecule has 1 amide bonds. The number of amides is 1. The third kappa shape index (κ3) is 3.77. The summed E-state index contributed by atoms with van der Waals surface area (Å²) in [7, 11) is 0. The topological polar surface area (TPSA) is 38.3 Å². The van der Waals surface area contributed by atoms with Crippen molar-refractivity contribution >= 4 is 27.6 Å². The monoisotopic (exact) mass is 355 g/mol. The predicted octanol–water partition coefficient (Wildman–Crippen LogP) is 5.63. The number of aryl methyl sites for hydroxylation is 1. The van der Waals surface area contributed by atoms with Crippen molar-refractivity contribution in [2.75, 3.05) is 6.54 Å². The van der Waals surface area contributed by atoms with Crippen LogP contribution in [-0.4, -0.2) is 12.6 Å². The van der Waals surface area contributed by atoms with Gasteiger partial charge in [0.1, 0.15) is 5.75 Å². The standard InChI is InChI=1S/C24H21NO2/c1-17-10-12-20-7-4-5-9-22(20)23(17)27-24(26)25-15-14-18-11-13-19-6-2-3-8-21(19)16-18/h2-13,16H,14-15H2,1H3,(H,25,26). The van der Waals surface area contributed by atoms with Crippen molar-refractivity contribution < 1.29 is 9.53 Å². The van der Waals surface area contributed by atoms with Crippen LogP contribution in [0, 0.1) is 6.92 Å². The predicted molar refractivity (Wildman–Crippen MR) is 110 cm³/mol. The van der Waals surface area contributed by atoms with Crippen LogP contribution < -0.4 is 10.1 Å². The molecule has 0 fully saturated rings. The smallest absolute Gasteiger partial charge is 0.409 e. The summed E-state index contributed by atoms with van der Waals surface area (Å²) in [5, 5.41) is 7.30. The Bertz CT molecular complexity index is 1120. The molecule has 0 unspecified atom stereocenters. The first-order valence-corrected chi connectivity index (χ1v) is 9.12. The second kappa shape index (κ2) is 7.50. The number of ether oxygens (including phenoxy) is 1. The zero-order chi connectivity index (χ0) is 18.6. The molecule has 3 heteroatoms. The fourth-order valence-electron chi connectivity index (χ4n) is 3.32. The lowest BCUT2D eigenvalue weighted by Crippen LogP contribution is -2.29. The van der Waals surface area contributed by atoms with Crippen molar-refractivity contribution in [3.8, 4) is 5.75 Å². The van der Waals surface area contributed by atoms with Crippen molar-refractivity contribution in [1.82, 2.24) is 5.32 Å². The Morgan fingerprint density at radius 3 is 2.41 bits per heavy atom. The van der Waals surface area contributed by atoms with Crippen molar-refractivity contribution in [1.29, 1.82) is 0 Å². The van der Waals surface area contributed by atoms with Gasteiger partial charge in [0, 0.05) is 11.9 Å². The number of rotatable bonds is 4. The first-order valence-electron chi connectivity index (χ1n) is 9.12. The van der Waals surface area contributed by atoms with Gasteiger partial charge < -0.3 is 10.1 Å². The molecule has 4 rings (SSSR count). The average Bonchev–Trinajstić information content (AvgIpc) is 2.70. The van der Waals surface area contributed by atoms with Crippen LogP contribution in [-0.2, 0) is 6.42 Å². The van der Waals surface area contributed by atoms with E-state index in [0.29, 0.717) is 12.3 Å². The van der Waals surface area contributed by atoms with Crippen LogP contribution >= 0.6 is 0 Å². The van der Waals surface area contributed by atoms with E-state index >= 15 is 0 Å². The van der Waals surface area contributed by atoms with Crippen LogP contribution in [0.4, 0.5) is 4.79 Å². The van der Waals surface area contributed by atoms with Gasteiger partial charge >= 0.3 is 6.09 Å². The van der Waals surface area contributed by atoms with E-state index in [1.165, 1.54) is 16.3 Å². The van der Waals surface area contributed by atoms with Gasteiger partial charge in [0.2, 0.25) is 0 Å². The first-order chi connectivity index (χ1) is 13.2. The van der Waals surface area contributed by atoms with Gasteiger partial charge in [0.15, 0.2) is 0 Å². The third-order valence-corrected chi connectivity index (χ3v) is 4.77. The van der Waals surface area contributed by atoms with Crippen molar-refractivity contribution in [3.05, 3.63) is 90.0 Å². The first kappa shape index (κ1) is 17.1. The van der Waals surface area contributed by atoms with Crippen LogP contribution in [0.1, 0.15) is 11.1 Å². The molecular formula is C24H21NO2. The Balaban J connectivity index is 1.40. The Kier molecular flexibility index (Phi) is 4.75. The molecule has 3 nitrogen and oxygen atoms in total. The zero-order valence-corrected chi connectivity index (χ0v) is 15.2. The Hall–Kier alpha value is -3.33. The average molecular weight is 355 g/mol. The lowest BCUT2D eigenvalue weighted by Gasteiger charge is -2.12. The maximum Gasteiger partial charge on any atom is 0.412 e. The largest absolute Gasteiger partial charge is 0.412 e. The van der Waals surface area contributed by atoms with Crippen LogP contribution in [0.25, 0.3) is 21.5 Å². The fraction of sp³-hybridized carbons (Fsp3) is 0.125. The number of fused-ring (bicyclic) bond motifs is 2. The van der Waals surface area contributed by atoms with Crippen molar-refractivity contribution in [2.45, 2.75) is 13.3 Å². The maximum atomic E-state index is 12.3. The van der Waals surface area contributed by atoms with Crippen LogP contribution in [0.3, 0.4) is 0 Å². The van der Waals surface area contributed by atoms with Gasteiger partial charge in [-0.3, -0.25) is 0 Å². The molecule has 4 aromatic carbocycles. The molecular weight excluding hydrogens is 334 g/mol. The second-order valence-electron chi connectivity index (χ2n) is 6.68. The highest BCUT2D eigenvalue weighted by Crippen LogP contribution is 2.29. The van der Waals surface area contributed by atoms with Crippen LogP contribution in [0.2, 0.25) is 0 Å². The minimum Gasteiger partial charge on any atom is -0.409 e. The molecule has 27 heavy (non-hydrogen) atoms. The molecule has 0 radical (unpaired) electrons. The quantitative estimate of drug-likeness (QED) is 0.515. The maximum absolute atomic E-state index is 12.3. The van der Waals surface area contributed by atoms with E-state index in [1.54, 1.807) is 0 Å². The number of hydrogen-bond acceptors (Lipinski definition) is 2. The van der Waals surface area contributed by atoms with Gasteiger partial charge in [-0.2, -0.15) is 0 Å². The van der Waals surface area contributed by atoms with E-state index in [-0.39, 0.29) is 0 Å². The van der Waals surface area contributed by atoms with Crippen molar-refractivity contribution in [3.63, 3.8) is 0 Å². The van der Waals surface area contributed by atoms with Crippen LogP contribution in [0.5, 0.6) is 5.75 Å². The highest BCUT2D eigenvalue weighted by molar-refractivity contribution is 5.91. The van der Waals surface area contributed by atoms with E-state index in [4.69, 9.17) is 4.74 Å². The van der Waals surface area contributed by atoms with E-state index < -0.39 is 6.09 Å². The summed E-state index contributed by atoms with van der Waals surface area (Å²) in [6.45, 7) is 2.48. The molecule has 1 N–H and O–H groups in total. The van der Waals surface area contributed by atoms with Gasteiger partial charge in [0.25, 0.3) is 0 Å². The highest BCUT2D eigenvalue weighted by Gasteiger charge is 2.10. The Labute approximate surface area is 158 Å². The molecule has 0 aliphatic rings.